The van der Waals surface area contributed by atoms with Gasteiger partial charge < -0.3 is 10.6 Å². The number of allylic oxidation sites excluding steroid dienone is 1. The van der Waals surface area contributed by atoms with E-state index in [4.69, 9.17) is 23.2 Å². The van der Waals surface area contributed by atoms with E-state index in [2.05, 4.69) is 10.6 Å². The quantitative estimate of drug-likeness (QED) is 0.474. The highest BCUT2D eigenvalue weighted by Gasteiger charge is 2.32. The number of benzene rings is 3. The SMILES string of the molecule is CC(=O)Nc1cc(Cl)ccc1C1=C(c2cccc(F)c2)NC(=O)C[C@@H]1c1ccc(Cl)cc1. The van der Waals surface area contributed by atoms with E-state index in [0.29, 0.717) is 32.6 Å². The molecular formula is C25H19Cl2FN2O2. The van der Waals surface area contributed by atoms with Gasteiger partial charge in [0, 0.05) is 46.1 Å². The topological polar surface area (TPSA) is 58.2 Å². The number of halogens is 3. The number of hydrogen-bond acceptors (Lipinski definition) is 2. The number of anilines is 1. The van der Waals surface area contributed by atoms with E-state index < -0.39 is 5.82 Å². The molecule has 0 aliphatic carbocycles. The predicted octanol–water partition coefficient (Wildman–Crippen LogP) is 6.26. The minimum absolute atomic E-state index is 0.178. The van der Waals surface area contributed by atoms with E-state index in [9.17, 15) is 14.0 Å². The Morgan fingerprint density at radius 3 is 2.44 bits per heavy atom. The second kappa shape index (κ2) is 9.15. The number of carbonyl (C=O) groups excluding carboxylic acids is 2. The molecule has 0 bridgehead atoms. The molecule has 4 nitrogen and oxygen atoms in total. The smallest absolute Gasteiger partial charge is 0.225 e. The molecule has 0 fully saturated rings. The van der Waals surface area contributed by atoms with Crippen molar-refractivity contribution in [2.24, 2.45) is 0 Å². The molecule has 0 saturated carbocycles. The van der Waals surface area contributed by atoms with Crippen molar-refractivity contribution in [3.63, 3.8) is 0 Å². The highest BCUT2D eigenvalue weighted by atomic mass is 35.5. The van der Waals surface area contributed by atoms with Crippen LogP contribution in [0.1, 0.15) is 36.0 Å². The lowest BCUT2D eigenvalue weighted by atomic mass is 9.79. The summed E-state index contributed by atoms with van der Waals surface area (Å²) >= 11 is 12.3. The Morgan fingerprint density at radius 2 is 1.75 bits per heavy atom. The second-order valence-electron chi connectivity index (χ2n) is 7.53. The van der Waals surface area contributed by atoms with Crippen LogP contribution in [0.25, 0.3) is 11.3 Å². The van der Waals surface area contributed by atoms with Crippen molar-refractivity contribution in [1.82, 2.24) is 5.32 Å². The van der Waals surface area contributed by atoms with E-state index in [1.165, 1.54) is 19.1 Å². The van der Waals surface area contributed by atoms with E-state index in [-0.39, 0.29) is 24.2 Å². The molecule has 0 radical (unpaired) electrons. The van der Waals surface area contributed by atoms with Crippen molar-refractivity contribution < 1.29 is 14.0 Å². The highest BCUT2D eigenvalue weighted by molar-refractivity contribution is 6.31. The van der Waals surface area contributed by atoms with Crippen LogP contribution in [-0.4, -0.2) is 11.8 Å². The highest BCUT2D eigenvalue weighted by Crippen LogP contribution is 2.45. The Labute approximate surface area is 195 Å². The number of hydrogen-bond donors (Lipinski definition) is 2. The number of rotatable bonds is 4. The van der Waals surface area contributed by atoms with Crippen LogP contribution >= 0.6 is 23.2 Å². The van der Waals surface area contributed by atoms with Crippen molar-refractivity contribution in [3.05, 3.63) is 99.3 Å². The van der Waals surface area contributed by atoms with Gasteiger partial charge in [0.25, 0.3) is 0 Å². The predicted molar refractivity (Wildman–Crippen MR) is 126 cm³/mol. The van der Waals surface area contributed by atoms with Crippen LogP contribution in [0.3, 0.4) is 0 Å². The molecular weight excluding hydrogens is 450 g/mol. The zero-order valence-electron chi connectivity index (χ0n) is 17.1. The fourth-order valence-electron chi connectivity index (χ4n) is 3.94. The Balaban J connectivity index is 2.02. The standard InChI is InChI=1S/C25H19Cl2FN2O2/c1-14(31)29-22-12-18(27)9-10-20(22)24-21(15-5-7-17(26)8-6-15)13-23(32)30-25(24)16-3-2-4-19(28)11-16/h2-12,21H,13H2,1H3,(H,29,31)(H,30,32)/t21-/m1/s1. The molecule has 1 aliphatic rings. The summed E-state index contributed by atoms with van der Waals surface area (Å²) in [5, 5.41) is 6.77. The van der Waals surface area contributed by atoms with E-state index in [1.807, 2.05) is 12.1 Å². The summed E-state index contributed by atoms with van der Waals surface area (Å²) in [7, 11) is 0. The number of nitrogens with one attached hydrogen (secondary N) is 2. The summed E-state index contributed by atoms with van der Waals surface area (Å²) < 4.78 is 14.1. The maximum absolute atomic E-state index is 14.1. The molecule has 0 aromatic heterocycles. The van der Waals surface area contributed by atoms with Gasteiger partial charge in [-0.3, -0.25) is 9.59 Å². The molecule has 3 aromatic rings. The van der Waals surface area contributed by atoms with Gasteiger partial charge in [-0.1, -0.05) is 53.5 Å². The molecule has 1 heterocycles. The molecule has 1 atom stereocenters. The lowest BCUT2D eigenvalue weighted by Gasteiger charge is -2.31. The Hall–Kier alpha value is -3.15. The molecule has 7 heteroatoms. The molecule has 3 aromatic carbocycles. The van der Waals surface area contributed by atoms with Crippen molar-refractivity contribution >= 4 is 52.0 Å². The largest absolute Gasteiger partial charge is 0.326 e. The molecule has 2 N–H and O–H groups in total. The van der Waals surface area contributed by atoms with Crippen LogP contribution in [0, 0.1) is 5.82 Å². The van der Waals surface area contributed by atoms with Gasteiger partial charge in [-0.15, -0.1) is 0 Å². The molecule has 32 heavy (non-hydrogen) atoms. The minimum atomic E-state index is -0.421. The molecule has 4 rings (SSSR count). The fourth-order valence-corrected chi connectivity index (χ4v) is 4.24. The van der Waals surface area contributed by atoms with Crippen LogP contribution in [0.4, 0.5) is 10.1 Å². The first-order valence-electron chi connectivity index (χ1n) is 9.95. The van der Waals surface area contributed by atoms with Gasteiger partial charge in [0.15, 0.2) is 0 Å². The van der Waals surface area contributed by atoms with Gasteiger partial charge in [-0.2, -0.15) is 0 Å². The maximum atomic E-state index is 14.1. The van der Waals surface area contributed by atoms with Gasteiger partial charge in [0.2, 0.25) is 11.8 Å². The van der Waals surface area contributed by atoms with Crippen molar-refractivity contribution in [3.8, 4) is 0 Å². The summed E-state index contributed by atoms with van der Waals surface area (Å²) in [6.45, 7) is 1.41. The minimum Gasteiger partial charge on any atom is -0.326 e. The molecule has 2 amide bonds. The van der Waals surface area contributed by atoms with Gasteiger partial charge >= 0.3 is 0 Å². The summed E-state index contributed by atoms with van der Waals surface area (Å²) in [4.78, 5) is 24.6. The fraction of sp³-hybridized carbons (Fsp3) is 0.120. The maximum Gasteiger partial charge on any atom is 0.225 e. The Morgan fingerprint density at radius 1 is 1.03 bits per heavy atom. The van der Waals surface area contributed by atoms with E-state index in [0.717, 1.165) is 11.1 Å². The van der Waals surface area contributed by atoms with Crippen molar-refractivity contribution in [2.45, 2.75) is 19.3 Å². The Kier molecular flexibility index (Phi) is 6.31. The summed E-state index contributed by atoms with van der Waals surface area (Å²) in [5.74, 6) is -1.23. The van der Waals surface area contributed by atoms with Gasteiger partial charge in [-0.05, 0) is 47.5 Å². The third-order valence-corrected chi connectivity index (χ3v) is 5.73. The average molecular weight is 469 g/mol. The number of amides is 2. The van der Waals surface area contributed by atoms with Crippen molar-refractivity contribution in [2.75, 3.05) is 5.32 Å². The van der Waals surface area contributed by atoms with Gasteiger partial charge in [-0.25, -0.2) is 4.39 Å². The lowest BCUT2D eigenvalue weighted by molar-refractivity contribution is -0.120. The van der Waals surface area contributed by atoms with Crippen LogP contribution in [-0.2, 0) is 9.59 Å². The zero-order chi connectivity index (χ0) is 22.8. The van der Waals surface area contributed by atoms with Crippen LogP contribution in [0.5, 0.6) is 0 Å². The first-order chi connectivity index (χ1) is 15.3. The van der Waals surface area contributed by atoms with Crippen LogP contribution < -0.4 is 10.6 Å². The molecule has 0 unspecified atom stereocenters. The third kappa shape index (κ3) is 4.69. The Bertz CT molecular complexity index is 1240. The van der Waals surface area contributed by atoms with E-state index in [1.54, 1.807) is 42.5 Å². The second-order valence-corrected chi connectivity index (χ2v) is 8.40. The third-order valence-electron chi connectivity index (χ3n) is 5.24. The molecule has 1 aliphatic heterocycles. The van der Waals surface area contributed by atoms with E-state index >= 15 is 0 Å². The zero-order valence-corrected chi connectivity index (χ0v) is 18.6. The number of carbonyl (C=O) groups is 2. The molecule has 0 saturated heterocycles. The summed E-state index contributed by atoms with van der Waals surface area (Å²) in [6.07, 6.45) is 0.178. The molecule has 0 spiro atoms. The first kappa shape index (κ1) is 22.1. The molecule has 162 valence electrons. The summed E-state index contributed by atoms with van der Waals surface area (Å²) in [6, 6.07) is 18.5. The lowest BCUT2D eigenvalue weighted by Crippen LogP contribution is -2.31. The first-order valence-corrected chi connectivity index (χ1v) is 10.7. The average Bonchev–Trinajstić information content (AvgIpc) is 2.74. The van der Waals surface area contributed by atoms with Crippen LogP contribution in [0.2, 0.25) is 10.0 Å². The van der Waals surface area contributed by atoms with Crippen LogP contribution in [0.15, 0.2) is 66.7 Å². The van der Waals surface area contributed by atoms with Gasteiger partial charge in [0.05, 0.1) is 5.70 Å². The van der Waals surface area contributed by atoms with Gasteiger partial charge in [0.1, 0.15) is 5.82 Å². The van der Waals surface area contributed by atoms with Crippen molar-refractivity contribution in [1.29, 1.82) is 0 Å². The monoisotopic (exact) mass is 468 g/mol. The summed E-state index contributed by atoms with van der Waals surface area (Å²) in [5.41, 5.74) is 3.81. The normalized spacial score (nSPS) is 16.0.